The van der Waals surface area contributed by atoms with E-state index in [-0.39, 0.29) is 0 Å². The van der Waals surface area contributed by atoms with Crippen molar-refractivity contribution >= 4 is 76.3 Å². The van der Waals surface area contributed by atoms with Crippen LogP contribution in [-0.4, -0.2) is 9.97 Å². The van der Waals surface area contributed by atoms with E-state index in [0.717, 1.165) is 66.4 Å². The van der Waals surface area contributed by atoms with E-state index in [0.29, 0.717) is 11.4 Å². The molecule has 0 radical (unpaired) electrons. The van der Waals surface area contributed by atoms with Crippen molar-refractivity contribution in [3.63, 3.8) is 0 Å². The van der Waals surface area contributed by atoms with Gasteiger partial charge in [-0.25, -0.2) is 9.97 Å². The van der Waals surface area contributed by atoms with Crippen LogP contribution in [0.4, 0.5) is 0 Å². The zero-order valence-electron chi connectivity index (χ0n) is 26.7. The highest BCUT2D eigenvalue weighted by Gasteiger charge is 2.22. The molecule has 4 nitrogen and oxygen atoms in total. The third kappa shape index (κ3) is 3.93. The zero-order chi connectivity index (χ0) is 32.8. The van der Waals surface area contributed by atoms with Gasteiger partial charge in [0.25, 0.3) is 0 Å². The molecule has 0 aliphatic heterocycles. The van der Waals surface area contributed by atoms with Crippen LogP contribution in [0, 0.1) is 0 Å². The average Bonchev–Trinajstić information content (AvgIpc) is 3.76. The van der Waals surface area contributed by atoms with Crippen molar-refractivity contribution in [3.8, 4) is 33.8 Å². The topological polar surface area (TPSA) is 52.1 Å². The van der Waals surface area contributed by atoms with E-state index >= 15 is 0 Å². The number of rotatable bonds is 3. The first kappa shape index (κ1) is 27.2. The minimum absolute atomic E-state index is 0.648. The SMILES string of the molecule is c1ccc(-c2nc(-c3cccc4oc5ccccc5c34)c3oc4ccc(-c5ccc6c7ccccc7c7ccccc7c6c5)cc4c3n2)cc1. The van der Waals surface area contributed by atoms with E-state index in [1.807, 2.05) is 48.5 Å². The summed E-state index contributed by atoms with van der Waals surface area (Å²) >= 11 is 0. The molecule has 0 aliphatic rings. The van der Waals surface area contributed by atoms with Gasteiger partial charge in [0.2, 0.25) is 0 Å². The van der Waals surface area contributed by atoms with Gasteiger partial charge in [-0.1, -0.05) is 127 Å². The molecule has 3 aromatic heterocycles. The normalized spacial score (nSPS) is 12.0. The highest BCUT2D eigenvalue weighted by atomic mass is 16.3. The van der Waals surface area contributed by atoms with Gasteiger partial charge in [-0.3, -0.25) is 0 Å². The lowest BCUT2D eigenvalue weighted by atomic mass is 9.92. The zero-order valence-corrected chi connectivity index (χ0v) is 26.7. The summed E-state index contributed by atoms with van der Waals surface area (Å²) in [5.41, 5.74) is 8.74. The summed E-state index contributed by atoms with van der Waals surface area (Å²) in [4.78, 5) is 10.4. The summed E-state index contributed by atoms with van der Waals surface area (Å²) < 4.78 is 12.9. The fourth-order valence-electron chi connectivity index (χ4n) is 7.78. The molecular weight excluding hydrogens is 613 g/mol. The minimum atomic E-state index is 0.648. The van der Waals surface area contributed by atoms with Crippen molar-refractivity contribution < 1.29 is 8.83 Å². The van der Waals surface area contributed by atoms with E-state index in [1.54, 1.807) is 0 Å². The molecule has 0 amide bonds. The first-order valence-electron chi connectivity index (χ1n) is 16.8. The van der Waals surface area contributed by atoms with E-state index < -0.39 is 0 Å². The summed E-state index contributed by atoms with van der Waals surface area (Å²) in [5.74, 6) is 0.648. The molecule has 0 saturated heterocycles. The number of hydrogen-bond donors (Lipinski definition) is 0. The van der Waals surface area contributed by atoms with Crippen LogP contribution in [-0.2, 0) is 0 Å². The highest BCUT2D eigenvalue weighted by Crippen LogP contribution is 2.43. The van der Waals surface area contributed by atoms with Crippen LogP contribution in [0.3, 0.4) is 0 Å². The lowest BCUT2D eigenvalue weighted by molar-refractivity contribution is 0.667. The number of aromatic nitrogens is 2. The lowest BCUT2D eigenvalue weighted by Crippen LogP contribution is -1.94. The number of fused-ring (bicyclic) bond motifs is 12. The van der Waals surface area contributed by atoms with Crippen molar-refractivity contribution in [2.24, 2.45) is 0 Å². The molecule has 0 fully saturated rings. The van der Waals surface area contributed by atoms with Gasteiger partial charge in [-0.15, -0.1) is 0 Å². The van der Waals surface area contributed by atoms with E-state index in [9.17, 15) is 0 Å². The van der Waals surface area contributed by atoms with E-state index in [1.165, 1.54) is 32.3 Å². The van der Waals surface area contributed by atoms with Crippen LogP contribution < -0.4 is 0 Å². The minimum Gasteiger partial charge on any atom is -0.456 e. The number of nitrogens with zero attached hydrogens (tertiary/aromatic N) is 2. The first-order valence-corrected chi connectivity index (χ1v) is 16.8. The van der Waals surface area contributed by atoms with Crippen LogP contribution in [0.15, 0.2) is 167 Å². The molecule has 0 saturated carbocycles. The number of furan rings is 2. The van der Waals surface area contributed by atoms with Gasteiger partial charge in [0.05, 0.1) is 0 Å². The quantitative estimate of drug-likeness (QED) is 0.181. The van der Waals surface area contributed by atoms with Gasteiger partial charge in [0.15, 0.2) is 11.4 Å². The van der Waals surface area contributed by atoms with Gasteiger partial charge in [-0.2, -0.15) is 0 Å². The largest absolute Gasteiger partial charge is 0.456 e. The molecule has 4 heteroatoms. The Morgan fingerprint density at radius 3 is 1.70 bits per heavy atom. The van der Waals surface area contributed by atoms with Crippen molar-refractivity contribution in [3.05, 3.63) is 158 Å². The number of para-hydroxylation sites is 1. The Hall–Kier alpha value is -6.78. The molecule has 8 aromatic carbocycles. The molecule has 232 valence electrons. The summed E-state index contributed by atoms with van der Waals surface area (Å²) in [6, 6.07) is 55.1. The molecule has 0 atom stereocenters. The molecule has 11 aromatic rings. The summed E-state index contributed by atoms with van der Waals surface area (Å²) in [6.07, 6.45) is 0. The molecule has 0 N–H and O–H groups in total. The molecule has 0 aliphatic carbocycles. The third-order valence-electron chi connectivity index (χ3n) is 10.1. The van der Waals surface area contributed by atoms with Crippen LogP contribution >= 0.6 is 0 Å². The van der Waals surface area contributed by atoms with Crippen molar-refractivity contribution in [1.29, 1.82) is 0 Å². The Morgan fingerprint density at radius 2 is 0.940 bits per heavy atom. The third-order valence-corrected chi connectivity index (χ3v) is 10.1. The van der Waals surface area contributed by atoms with Crippen molar-refractivity contribution in [1.82, 2.24) is 9.97 Å². The maximum atomic E-state index is 6.68. The van der Waals surface area contributed by atoms with Crippen molar-refractivity contribution in [2.75, 3.05) is 0 Å². The fraction of sp³-hybridized carbons (Fsp3) is 0. The second kappa shape index (κ2) is 10.4. The Morgan fingerprint density at radius 1 is 0.360 bits per heavy atom. The molecular formula is C46H26N2O2. The Balaban J connectivity index is 1.18. The number of hydrogen-bond acceptors (Lipinski definition) is 4. The molecule has 50 heavy (non-hydrogen) atoms. The summed E-state index contributed by atoms with van der Waals surface area (Å²) in [7, 11) is 0. The van der Waals surface area contributed by atoms with E-state index in [4.69, 9.17) is 18.8 Å². The van der Waals surface area contributed by atoms with Crippen molar-refractivity contribution in [2.45, 2.75) is 0 Å². The molecule has 11 rings (SSSR count). The standard InChI is InChI=1S/C46H26N2O2/c1-2-11-27(12-3-1)46-47-43(36-18-10-20-41-42(36)35-17-8-9-19-39(35)49-41)45-44(48-46)38-26-29(22-24-40(38)50-45)28-21-23-34-32-15-5-4-13-30(32)31-14-6-7-16-33(31)37(34)25-28/h1-26H. The average molecular weight is 639 g/mol. The predicted molar refractivity (Wildman–Crippen MR) is 205 cm³/mol. The molecule has 0 spiro atoms. The van der Waals surface area contributed by atoms with Gasteiger partial charge >= 0.3 is 0 Å². The second-order valence-corrected chi connectivity index (χ2v) is 12.9. The van der Waals surface area contributed by atoms with Gasteiger partial charge in [0, 0.05) is 27.3 Å². The van der Waals surface area contributed by atoms with Crippen LogP contribution in [0.2, 0.25) is 0 Å². The van der Waals surface area contributed by atoms with E-state index in [2.05, 4.69) is 109 Å². The summed E-state index contributed by atoms with van der Waals surface area (Å²) in [5, 5.41) is 10.6. The Labute approximate surface area is 285 Å². The van der Waals surface area contributed by atoms with Gasteiger partial charge in [-0.05, 0) is 73.8 Å². The van der Waals surface area contributed by atoms with Crippen LogP contribution in [0.25, 0.3) is 110 Å². The fourth-order valence-corrected chi connectivity index (χ4v) is 7.78. The second-order valence-electron chi connectivity index (χ2n) is 12.9. The Bertz CT molecular complexity index is 3120. The lowest BCUT2D eigenvalue weighted by Gasteiger charge is -2.12. The molecule has 3 heterocycles. The maximum absolute atomic E-state index is 6.68. The smallest absolute Gasteiger partial charge is 0.180 e. The Kier molecular flexibility index (Phi) is 5.63. The predicted octanol–water partition coefficient (Wildman–Crippen LogP) is 12.7. The van der Waals surface area contributed by atoms with Crippen LogP contribution in [0.1, 0.15) is 0 Å². The monoisotopic (exact) mass is 638 g/mol. The molecule has 0 unspecified atom stereocenters. The number of benzene rings is 8. The first-order chi connectivity index (χ1) is 24.8. The molecule has 0 bridgehead atoms. The maximum Gasteiger partial charge on any atom is 0.180 e. The highest BCUT2D eigenvalue weighted by molar-refractivity contribution is 6.26. The van der Waals surface area contributed by atoms with Gasteiger partial charge in [0.1, 0.15) is 28.0 Å². The van der Waals surface area contributed by atoms with Crippen LogP contribution in [0.5, 0.6) is 0 Å². The van der Waals surface area contributed by atoms with Gasteiger partial charge < -0.3 is 8.83 Å². The summed E-state index contributed by atoms with van der Waals surface area (Å²) in [6.45, 7) is 0.